The van der Waals surface area contributed by atoms with Gasteiger partial charge in [-0.2, -0.15) is 23.3 Å². The van der Waals surface area contributed by atoms with Crippen LogP contribution in [0.1, 0.15) is 40.9 Å². The summed E-state index contributed by atoms with van der Waals surface area (Å²) in [5.74, 6) is -0.845. The minimum atomic E-state index is -4.72. The lowest BCUT2D eigenvalue weighted by molar-refractivity contribution is -0.159. The van der Waals surface area contributed by atoms with Crippen LogP contribution in [0.25, 0.3) is 10.7 Å². The summed E-state index contributed by atoms with van der Waals surface area (Å²) >= 11 is 1.19. The zero-order chi connectivity index (χ0) is 25.3. The van der Waals surface area contributed by atoms with Gasteiger partial charge in [0.1, 0.15) is 0 Å². The van der Waals surface area contributed by atoms with Crippen LogP contribution in [0, 0.1) is 0 Å². The smallest absolute Gasteiger partial charge is 0.336 e. The molecule has 0 spiro atoms. The molecule has 14 heteroatoms. The average Bonchev–Trinajstić information content (AvgIpc) is 3.63. The van der Waals surface area contributed by atoms with Crippen molar-refractivity contribution < 1.29 is 22.5 Å². The Bertz CT molecular complexity index is 1360. The molecule has 36 heavy (non-hydrogen) atoms. The Labute approximate surface area is 206 Å². The quantitative estimate of drug-likeness (QED) is 0.369. The van der Waals surface area contributed by atoms with Crippen molar-refractivity contribution in [1.29, 1.82) is 0 Å². The predicted molar refractivity (Wildman–Crippen MR) is 122 cm³/mol. The molecule has 1 atom stereocenters. The SMILES string of the molecule is C[C@H]1CCCN1C(=O)c1cnnc(N(Cc2ccc(-c3noc(C(F)(F)F)n3)s2)c2cnccn2)c1. The molecule has 0 bridgehead atoms. The first-order valence-corrected chi connectivity index (χ1v) is 11.8. The second-order valence-corrected chi connectivity index (χ2v) is 9.30. The fourth-order valence-electron chi connectivity index (χ4n) is 3.89. The van der Waals surface area contributed by atoms with E-state index in [0.717, 1.165) is 17.7 Å². The van der Waals surface area contributed by atoms with Gasteiger partial charge in [0.25, 0.3) is 5.91 Å². The molecule has 0 aliphatic carbocycles. The maximum Gasteiger partial charge on any atom is 0.471 e. The normalized spacial score (nSPS) is 15.9. The van der Waals surface area contributed by atoms with Gasteiger partial charge in [-0.1, -0.05) is 5.16 Å². The van der Waals surface area contributed by atoms with Gasteiger partial charge in [0.2, 0.25) is 5.82 Å². The van der Waals surface area contributed by atoms with Crippen LogP contribution in [0.3, 0.4) is 0 Å². The second kappa shape index (κ2) is 9.60. The summed E-state index contributed by atoms with van der Waals surface area (Å²) in [6.45, 7) is 2.94. The molecule has 5 rings (SSSR count). The van der Waals surface area contributed by atoms with Crippen molar-refractivity contribution in [2.24, 2.45) is 0 Å². The van der Waals surface area contributed by atoms with Crippen molar-refractivity contribution in [1.82, 2.24) is 35.2 Å². The summed E-state index contributed by atoms with van der Waals surface area (Å²) in [6, 6.07) is 5.15. The van der Waals surface area contributed by atoms with Crippen LogP contribution in [0.5, 0.6) is 0 Å². The van der Waals surface area contributed by atoms with Crippen molar-refractivity contribution in [3.05, 3.63) is 59.3 Å². The Hall–Kier alpha value is -3.94. The topological polar surface area (TPSA) is 114 Å². The molecule has 1 amide bonds. The number of likely N-dealkylation sites (tertiary alicyclic amines) is 1. The van der Waals surface area contributed by atoms with E-state index in [1.54, 1.807) is 29.3 Å². The molecule has 4 aromatic rings. The van der Waals surface area contributed by atoms with Crippen molar-refractivity contribution in [2.75, 3.05) is 11.4 Å². The number of amides is 1. The van der Waals surface area contributed by atoms with E-state index in [-0.39, 0.29) is 24.3 Å². The standard InChI is InChI=1S/C22H19F3N8O2S/c1-13-3-2-8-32(13)20(34)14-9-17(30-28-10-14)33(18-11-26-6-7-27-18)12-15-4-5-16(36-15)19-29-21(35-31-19)22(23,24)25/h4-7,9-11,13H,2-3,8,12H2,1H3/t13-/m0/s1. The average molecular weight is 517 g/mol. The van der Waals surface area contributed by atoms with E-state index in [1.807, 2.05) is 11.8 Å². The molecule has 1 aliphatic rings. The predicted octanol–water partition coefficient (Wildman–Crippen LogP) is 4.36. The number of anilines is 2. The minimum Gasteiger partial charge on any atom is -0.336 e. The van der Waals surface area contributed by atoms with Crippen LogP contribution in [0.2, 0.25) is 0 Å². The largest absolute Gasteiger partial charge is 0.471 e. The molecule has 0 unspecified atom stereocenters. The van der Waals surface area contributed by atoms with Crippen LogP contribution in [-0.2, 0) is 12.7 Å². The van der Waals surface area contributed by atoms with Crippen LogP contribution < -0.4 is 4.90 Å². The zero-order valence-electron chi connectivity index (χ0n) is 18.9. The zero-order valence-corrected chi connectivity index (χ0v) is 19.7. The van der Waals surface area contributed by atoms with Gasteiger partial charge in [-0.05, 0) is 38.0 Å². The lowest BCUT2D eigenvalue weighted by atomic mass is 10.2. The van der Waals surface area contributed by atoms with E-state index in [1.165, 1.54) is 29.9 Å². The minimum absolute atomic E-state index is 0.119. The van der Waals surface area contributed by atoms with Crippen molar-refractivity contribution in [3.63, 3.8) is 0 Å². The molecule has 1 aliphatic heterocycles. The summed E-state index contributed by atoms with van der Waals surface area (Å²) in [6.07, 6.45) is 3.21. The third kappa shape index (κ3) is 4.89. The molecule has 10 nitrogen and oxygen atoms in total. The number of hydrogen-bond acceptors (Lipinski definition) is 10. The van der Waals surface area contributed by atoms with Gasteiger partial charge in [-0.15, -0.1) is 16.4 Å². The Morgan fingerprint density at radius 3 is 2.81 bits per heavy atom. The van der Waals surface area contributed by atoms with E-state index in [2.05, 4.69) is 34.8 Å². The summed E-state index contributed by atoms with van der Waals surface area (Å²) in [5.41, 5.74) is 0.404. The summed E-state index contributed by atoms with van der Waals surface area (Å²) < 4.78 is 42.8. The van der Waals surface area contributed by atoms with Gasteiger partial charge in [0, 0.05) is 29.9 Å². The summed E-state index contributed by atoms with van der Waals surface area (Å²) in [7, 11) is 0. The van der Waals surface area contributed by atoms with E-state index in [4.69, 9.17) is 0 Å². The fraction of sp³-hybridized carbons (Fsp3) is 0.318. The number of alkyl halides is 3. The Morgan fingerprint density at radius 1 is 1.25 bits per heavy atom. The van der Waals surface area contributed by atoms with Gasteiger partial charge in [0.15, 0.2) is 11.6 Å². The van der Waals surface area contributed by atoms with Crippen molar-refractivity contribution >= 4 is 28.9 Å². The molecular weight excluding hydrogens is 497 g/mol. The lowest BCUT2D eigenvalue weighted by Gasteiger charge is -2.23. The van der Waals surface area contributed by atoms with E-state index in [9.17, 15) is 18.0 Å². The number of carbonyl (C=O) groups is 1. The molecular formula is C22H19F3N8O2S. The van der Waals surface area contributed by atoms with Crippen LogP contribution >= 0.6 is 11.3 Å². The highest BCUT2D eigenvalue weighted by atomic mass is 32.1. The highest BCUT2D eigenvalue weighted by Gasteiger charge is 2.38. The van der Waals surface area contributed by atoms with Gasteiger partial charge in [-0.3, -0.25) is 9.78 Å². The first-order valence-electron chi connectivity index (χ1n) is 11.0. The highest BCUT2D eigenvalue weighted by Crippen LogP contribution is 2.33. The number of nitrogens with zero attached hydrogens (tertiary/aromatic N) is 8. The molecule has 0 N–H and O–H groups in total. The first-order chi connectivity index (χ1) is 17.3. The number of thiophene rings is 1. The molecule has 0 radical (unpaired) electrons. The van der Waals surface area contributed by atoms with Gasteiger partial charge in [-0.25, -0.2) is 4.98 Å². The molecule has 4 aromatic heterocycles. The first kappa shape index (κ1) is 23.8. The third-order valence-electron chi connectivity index (χ3n) is 5.67. The van der Waals surface area contributed by atoms with E-state index < -0.39 is 12.1 Å². The molecule has 0 saturated carbocycles. The number of carbonyl (C=O) groups excluding carboxylic acids is 1. The number of halogens is 3. The molecule has 5 heterocycles. The van der Waals surface area contributed by atoms with Gasteiger partial charge >= 0.3 is 12.1 Å². The Kier molecular flexibility index (Phi) is 6.35. The molecule has 0 aromatic carbocycles. The lowest BCUT2D eigenvalue weighted by Crippen LogP contribution is -2.34. The van der Waals surface area contributed by atoms with E-state index in [0.29, 0.717) is 28.6 Å². The van der Waals surface area contributed by atoms with Gasteiger partial charge < -0.3 is 14.3 Å². The second-order valence-electron chi connectivity index (χ2n) is 8.13. The van der Waals surface area contributed by atoms with Crippen LogP contribution in [-0.4, -0.2) is 53.7 Å². The Morgan fingerprint density at radius 2 is 2.11 bits per heavy atom. The summed E-state index contributed by atoms with van der Waals surface area (Å²) in [5, 5.41) is 11.7. The Balaban J connectivity index is 1.43. The maximum absolute atomic E-state index is 13.1. The fourth-order valence-corrected chi connectivity index (χ4v) is 4.82. The number of rotatable bonds is 6. The monoisotopic (exact) mass is 516 g/mol. The molecule has 186 valence electrons. The van der Waals surface area contributed by atoms with Crippen molar-refractivity contribution in [3.8, 4) is 10.7 Å². The number of hydrogen-bond donors (Lipinski definition) is 0. The van der Waals surface area contributed by atoms with Crippen molar-refractivity contribution in [2.45, 2.75) is 38.5 Å². The summed E-state index contributed by atoms with van der Waals surface area (Å²) in [4.78, 5) is 29.7. The maximum atomic E-state index is 13.1. The van der Waals surface area contributed by atoms with E-state index >= 15 is 0 Å². The molecule has 1 fully saturated rings. The molecule has 1 saturated heterocycles. The van der Waals surface area contributed by atoms with Gasteiger partial charge in [0.05, 0.1) is 29.4 Å². The van der Waals surface area contributed by atoms with Crippen LogP contribution in [0.15, 0.2) is 47.5 Å². The highest BCUT2D eigenvalue weighted by molar-refractivity contribution is 7.15. The van der Waals surface area contributed by atoms with Crippen LogP contribution in [0.4, 0.5) is 24.8 Å². The number of aromatic nitrogens is 6. The third-order valence-corrected chi connectivity index (χ3v) is 6.74.